The lowest BCUT2D eigenvalue weighted by molar-refractivity contribution is 1.07. The first-order chi connectivity index (χ1) is 2.77. The van der Waals surface area contributed by atoms with E-state index >= 15 is 0 Å². The van der Waals surface area contributed by atoms with Crippen molar-refractivity contribution in [3.8, 4) is 0 Å². The number of rotatable bonds is 1. The first-order valence-electron chi connectivity index (χ1n) is 1.46. The molecule has 36 valence electrons. The van der Waals surface area contributed by atoms with Gasteiger partial charge in [-0.1, -0.05) is 0 Å². The molecule has 0 aliphatic rings. The van der Waals surface area contributed by atoms with Crippen molar-refractivity contribution in [1.82, 2.24) is 0 Å². The molecule has 0 aromatic rings. The molecule has 4 N–H and O–H groups in total. The maximum atomic E-state index is 4.94. The van der Waals surface area contributed by atoms with Crippen molar-refractivity contribution in [2.75, 3.05) is 6.67 Å². The molecule has 0 fully saturated rings. The average molecular weight is 105 g/mol. The lowest BCUT2D eigenvalue weighted by atomic mass is 11.1. The molecule has 0 radical (unpaired) electrons. The second-order valence-corrected chi connectivity index (χ2v) is 1.16. The standard InChI is InChI=1S/C2H7N3S/c3-1-5-2(4)6/h1,3H2,(H3,4,5,6). The number of aliphatic imine (C=N–C) groups is 1. The maximum Gasteiger partial charge on any atom is 0.152 e. The van der Waals surface area contributed by atoms with Crippen LogP contribution in [0.1, 0.15) is 0 Å². The highest BCUT2D eigenvalue weighted by molar-refractivity contribution is 7.96. The van der Waals surface area contributed by atoms with Crippen molar-refractivity contribution in [3.63, 3.8) is 0 Å². The van der Waals surface area contributed by atoms with Crippen molar-refractivity contribution in [2.45, 2.75) is 0 Å². The van der Waals surface area contributed by atoms with Crippen LogP contribution in [0.5, 0.6) is 0 Å². The van der Waals surface area contributed by atoms with Gasteiger partial charge in [-0.15, -0.1) is 12.6 Å². The van der Waals surface area contributed by atoms with Crippen LogP contribution in [0.25, 0.3) is 0 Å². The van der Waals surface area contributed by atoms with Crippen LogP contribution in [-0.4, -0.2) is 11.8 Å². The number of hydrogen-bond acceptors (Lipinski definition) is 2. The third kappa shape index (κ3) is 3.78. The van der Waals surface area contributed by atoms with Gasteiger partial charge in [0.15, 0.2) is 5.17 Å². The number of hydrogen-bond donors (Lipinski definition) is 3. The number of nitrogens with zero attached hydrogens (tertiary/aromatic N) is 1. The van der Waals surface area contributed by atoms with Crippen LogP contribution in [0.3, 0.4) is 0 Å². The Morgan fingerprint density at radius 3 is 2.33 bits per heavy atom. The number of nitrogens with two attached hydrogens (primary N) is 2. The summed E-state index contributed by atoms with van der Waals surface area (Å²) in [6, 6.07) is 0. The molecule has 0 saturated heterocycles. The summed E-state index contributed by atoms with van der Waals surface area (Å²) in [5.41, 5.74) is 9.85. The predicted molar refractivity (Wildman–Crippen MR) is 29.7 cm³/mol. The Morgan fingerprint density at radius 1 is 1.83 bits per heavy atom. The van der Waals surface area contributed by atoms with Gasteiger partial charge in [0.1, 0.15) is 0 Å². The van der Waals surface area contributed by atoms with Crippen LogP contribution >= 0.6 is 12.6 Å². The zero-order valence-corrected chi connectivity index (χ0v) is 4.15. The summed E-state index contributed by atoms with van der Waals surface area (Å²) in [6.07, 6.45) is 0. The second-order valence-electron chi connectivity index (χ2n) is 0.699. The minimum absolute atomic E-state index is 0.218. The highest BCUT2D eigenvalue weighted by Gasteiger charge is 1.69. The molecule has 6 heavy (non-hydrogen) atoms. The van der Waals surface area contributed by atoms with Crippen molar-refractivity contribution < 1.29 is 0 Å². The summed E-state index contributed by atoms with van der Waals surface area (Å²) in [6.45, 7) is 0.218. The molecule has 0 spiro atoms. The SMILES string of the molecule is NCN=C(N)S. The molecule has 0 aromatic heterocycles. The Hall–Kier alpha value is -0.220. The molecular formula is C2H7N3S. The summed E-state index contributed by atoms with van der Waals surface area (Å²) >= 11 is 3.63. The third-order valence-corrected chi connectivity index (χ3v) is 0.395. The van der Waals surface area contributed by atoms with Crippen LogP contribution in [-0.2, 0) is 0 Å². The fourth-order valence-corrected chi connectivity index (χ4v) is 0.175. The molecule has 0 unspecified atom stereocenters. The van der Waals surface area contributed by atoms with Gasteiger partial charge in [-0.05, 0) is 0 Å². The van der Waals surface area contributed by atoms with Gasteiger partial charge in [0.05, 0.1) is 6.67 Å². The molecule has 0 saturated carbocycles. The Balaban J connectivity index is 3.14. The normalized spacial score (nSPS) is 12.0. The van der Waals surface area contributed by atoms with Gasteiger partial charge in [0.2, 0.25) is 0 Å². The molecule has 0 aliphatic carbocycles. The van der Waals surface area contributed by atoms with Crippen LogP contribution in [0.4, 0.5) is 0 Å². The molecule has 0 atom stereocenters. The van der Waals surface area contributed by atoms with E-state index in [0.29, 0.717) is 0 Å². The Morgan fingerprint density at radius 2 is 2.33 bits per heavy atom. The van der Waals surface area contributed by atoms with Crippen LogP contribution in [0, 0.1) is 0 Å². The largest absolute Gasteiger partial charge is 0.379 e. The van der Waals surface area contributed by atoms with Crippen molar-refractivity contribution in [3.05, 3.63) is 0 Å². The molecule has 0 aromatic carbocycles. The predicted octanol–water partition coefficient (Wildman–Crippen LogP) is -0.853. The summed E-state index contributed by atoms with van der Waals surface area (Å²) in [4.78, 5) is 3.46. The van der Waals surface area contributed by atoms with E-state index in [1.165, 1.54) is 0 Å². The van der Waals surface area contributed by atoms with Gasteiger partial charge in [0.25, 0.3) is 0 Å². The van der Waals surface area contributed by atoms with E-state index in [1.54, 1.807) is 0 Å². The smallest absolute Gasteiger partial charge is 0.152 e. The van der Waals surface area contributed by atoms with Crippen LogP contribution < -0.4 is 11.5 Å². The Kier molecular flexibility index (Phi) is 2.88. The maximum absolute atomic E-state index is 4.94. The van der Waals surface area contributed by atoms with Crippen LogP contribution in [0.2, 0.25) is 0 Å². The van der Waals surface area contributed by atoms with E-state index in [0.717, 1.165) is 0 Å². The Bertz CT molecular complexity index is 55.8. The number of amidine groups is 1. The monoisotopic (exact) mass is 105 g/mol. The van der Waals surface area contributed by atoms with E-state index in [-0.39, 0.29) is 11.8 Å². The van der Waals surface area contributed by atoms with Crippen molar-refractivity contribution in [2.24, 2.45) is 16.5 Å². The van der Waals surface area contributed by atoms with E-state index in [2.05, 4.69) is 17.6 Å². The van der Waals surface area contributed by atoms with Gasteiger partial charge >= 0.3 is 0 Å². The van der Waals surface area contributed by atoms with Crippen molar-refractivity contribution in [1.29, 1.82) is 0 Å². The fraction of sp³-hybridized carbons (Fsp3) is 0.500. The molecular weight excluding hydrogens is 98.1 g/mol. The van der Waals surface area contributed by atoms with Gasteiger partial charge < -0.3 is 11.5 Å². The van der Waals surface area contributed by atoms with Gasteiger partial charge in [-0.25, -0.2) is 4.99 Å². The summed E-state index contributed by atoms with van der Waals surface area (Å²) < 4.78 is 0. The van der Waals surface area contributed by atoms with Gasteiger partial charge in [-0.3, -0.25) is 0 Å². The molecule has 0 amide bonds. The minimum atomic E-state index is 0.218. The Labute approximate surface area is 41.8 Å². The molecule has 0 rings (SSSR count). The first kappa shape index (κ1) is 5.78. The highest BCUT2D eigenvalue weighted by Crippen LogP contribution is 1.68. The topological polar surface area (TPSA) is 64.4 Å². The molecule has 0 heterocycles. The molecule has 0 aliphatic heterocycles. The quantitative estimate of drug-likeness (QED) is 0.231. The minimum Gasteiger partial charge on any atom is -0.379 e. The van der Waals surface area contributed by atoms with Crippen molar-refractivity contribution >= 4 is 17.8 Å². The molecule has 0 bridgehead atoms. The zero-order chi connectivity index (χ0) is 4.99. The molecule has 3 nitrogen and oxygen atoms in total. The van der Waals surface area contributed by atoms with E-state index in [1.807, 2.05) is 0 Å². The number of thiol groups is 1. The second kappa shape index (κ2) is 2.99. The average Bonchev–Trinajstić information content (AvgIpc) is 1.35. The summed E-state index contributed by atoms with van der Waals surface area (Å²) in [5, 5.41) is 0.234. The fourth-order valence-electron chi connectivity index (χ4n) is 0.0935. The lowest BCUT2D eigenvalue weighted by Gasteiger charge is -1.81. The van der Waals surface area contributed by atoms with Gasteiger partial charge in [-0.2, -0.15) is 0 Å². The molecule has 4 heteroatoms. The van der Waals surface area contributed by atoms with E-state index < -0.39 is 0 Å². The summed E-state index contributed by atoms with van der Waals surface area (Å²) in [5.74, 6) is 0. The highest BCUT2D eigenvalue weighted by atomic mass is 32.1. The zero-order valence-electron chi connectivity index (χ0n) is 3.26. The van der Waals surface area contributed by atoms with Gasteiger partial charge in [0, 0.05) is 0 Å². The lowest BCUT2D eigenvalue weighted by Crippen LogP contribution is -2.06. The first-order valence-corrected chi connectivity index (χ1v) is 1.91. The van der Waals surface area contributed by atoms with Crippen LogP contribution in [0.15, 0.2) is 4.99 Å². The van der Waals surface area contributed by atoms with E-state index in [4.69, 9.17) is 11.5 Å². The van der Waals surface area contributed by atoms with E-state index in [9.17, 15) is 0 Å². The third-order valence-electron chi connectivity index (χ3n) is 0.253. The summed E-state index contributed by atoms with van der Waals surface area (Å²) in [7, 11) is 0.